The maximum Gasteiger partial charge on any atom is 0.122 e. The highest BCUT2D eigenvalue weighted by atomic mass is 35.5. The van der Waals surface area contributed by atoms with Crippen LogP contribution in [-0.2, 0) is 6.42 Å². The van der Waals surface area contributed by atoms with Crippen molar-refractivity contribution in [1.82, 2.24) is 5.32 Å². The number of rotatable bonds is 7. The van der Waals surface area contributed by atoms with Gasteiger partial charge in [-0.1, -0.05) is 32.4 Å². The minimum Gasteiger partial charge on any atom is -0.496 e. The first-order valence-electron chi connectivity index (χ1n) is 6.51. The SMILES string of the molecule is CCNCC(C)(C)CCc1cc(Cl)ccc1OC. The van der Waals surface area contributed by atoms with E-state index in [1.165, 1.54) is 5.56 Å². The van der Waals surface area contributed by atoms with Gasteiger partial charge in [0, 0.05) is 11.6 Å². The van der Waals surface area contributed by atoms with Crippen molar-refractivity contribution in [3.05, 3.63) is 28.8 Å². The quantitative estimate of drug-likeness (QED) is 0.810. The predicted molar refractivity (Wildman–Crippen MR) is 78.6 cm³/mol. The van der Waals surface area contributed by atoms with Crippen LogP contribution in [0.15, 0.2) is 18.2 Å². The summed E-state index contributed by atoms with van der Waals surface area (Å²) in [5.41, 5.74) is 1.47. The van der Waals surface area contributed by atoms with Crippen LogP contribution in [-0.4, -0.2) is 20.2 Å². The Morgan fingerprint density at radius 3 is 2.67 bits per heavy atom. The molecule has 0 unspecified atom stereocenters. The van der Waals surface area contributed by atoms with Crippen molar-refractivity contribution in [3.63, 3.8) is 0 Å². The average molecular weight is 270 g/mol. The highest BCUT2D eigenvalue weighted by Crippen LogP contribution is 2.28. The molecule has 2 nitrogen and oxygen atoms in total. The van der Waals surface area contributed by atoms with Crippen molar-refractivity contribution >= 4 is 11.6 Å². The number of nitrogens with one attached hydrogen (secondary N) is 1. The molecular weight excluding hydrogens is 246 g/mol. The molecule has 1 rings (SSSR count). The number of aryl methyl sites for hydroxylation is 1. The van der Waals surface area contributed by atoms with Crippen LogP contribution in [0.25, 0.3) is 0 Å². The van der Waals surface area contributed by atoms with E-state index >= 15 is 0 Å². The van der Waals surface area contributed by atoms with Crippen LogP contribution < -0.4 is 10.1 Å². The molecule has 102 valence electrons. The first-order chi connectivity index (χ1) is 8.48. The third-order valence-corrected chi connectivity index (χ3v) is 3.40. The number of hydrogen-bond donors (Lipinski definition) is 1. The summed E-state index contributed by atoms with van der Waals surface area (Å²) in [6.45, 7) is 8.76. The van der Waals surface area contributed by atoms with Gasteiger partial charge >= 0.3 is 0 Å². The van der Waals surface area contributed by atoms with E-state index in [4.69, 9.17) is 16.3 Å². The Bertz CT molecular complexity index is 377. The van der Waals surface area contributed by atoms with Crippen LogP contribution in [0.1, 0.15) is 32.8 Å². The zero-order valence-corrected chi connectivity index (χ0v) is 12.6. The van der Waals surface area contributed by atoms with Gasteiger partial charge in [0.05, 0.1) is 7.11 Å². The Balaban J connectivity index is 2.64. The van der Waals surface area contributed by atoms with Crippen LogP contribution in [0.5, 0.6) is 5.75 Å². The zero-order valence-electron chi connectivity index (χ0n) is 11.8. The van der Waals surface area contributed by atoms with E-state index < -0.39 is 0 Å². The summed E-state index contributed by atoms with van der Waals surface area (Å²) in [5.74, 6) is 0.929. The fraction of sp³-hybridized carbons (Fsp3) is 0.600. The molecule has 0 amide bonds. The largest absolute Gasteiger partial charge is 0.496 e. The third-order valence-electron chi connectivity index (χ3n) is 3.17. The lowest BCUT2D eigenvalue weighted by Gasteiger charge is -2.25. The summed E-state index contributed by atoms with van der Waals surface area (Å²) < 4.78 is 5.37. The number of halogens is 1. The molecule has 0 heterocycles. The molecule has 0 aliphatic carbocycles. The smallest absolute Gasteiger partial charge is 0.122 e. The molecule has 0 atom stereocenters. The molecule has 0 spiro atoms. The van der Waals surface area contributed by atoms with Gasteiger partial charge < -0.3 is 10.1 Å². The molecule has 0 bridgehead atoms. The van der Waals surface area contributed by atoms with Crippen LogP contribution in [0.3, 0.4) is 0 Å². The van der Waals surface area contributed by atoms with Gasteiger partial charge in [0.2, 0.25) is 0 Å². The van der Waals surface area contributed by atoms with Gasteiger partial charge in [-0.05, 0) is 48.6 Å². The lowest BCUT2D eigenvalue weighted by Crippen LogP contribution is -2.29. The van der Waals surface area contributed by atoms with E-state index in [1.54, 1.807) is 7.11 Å². The van der Waals surface area contributed by atoms with Crippen LogP contribution in [0.4, 0.5) is 0 Å². The first-order valence-corrected chi connectivity index (χ1v) is 6.89. The summed E-state index contributed by atoms with van der Waals surface area (Å²) in [6.07, 6.45) is 2.10. The third kappa shape index (κ3) is 4.87. The zero-order chi connectivity index (χ0) is 13.6. The van der Waals surface area contributed by atoms with Crippen molar-refractivity contribution in [1.29, 1.82) is 0 Å². The van der Waals surface area contributed by atoms with E-state index in [0.29, 0.717) is 0 Å². The van der Waals surface area contributed by atoms with E-state index in [9.17, 15) is 0 Å². The Hall–Kier alpha value is -0.730. The number of ether oxygens (including phenoxy) is 1. The maximum atomic E-state index is 6.04. The average Bonchev–Trinajstić information content (AvgIpc) is 2.34. The van der Waals surface area contributed by atoms with E-state index in [1.807, 2.05) is 18.2 Å². The second-order valence-electron chi connectivity index (χ2n) is 5.40. The summed E-state index contributed by atoms with van der Waals surface area (Å²) in [5, 5.41) is 4.18. The Labute approximate surface area is 116 Å². The van der Waals surface area contributed by atoms with Gasteiger partial charge in [0.1, 0.15) is 5.75 Å². The summed E-state index contributed by atoms with van der Waals surface area (Å²) in [7, 11) is 1.70. The highest BCUT2D eigenvalue weighted by Gasteiger charge is 2.18. The molecular formula is C15H24ClNO. The van der Waals surface area contributed by atoms with Gasteiger partial charge in [0.25, 0.3) is 0 Å². The standard InChI is InChI=1S/C15H24ClNO/c1-5-17-11-15(2,3)9-8-12-10-13(16)6-7-14(12)18-4/h6-7,10,17H,5,8-9,11H2,1-4H3. The normalized spacial score (nSPS) is 11.6. The lowest BCUT2D eigenvalue weighted by molar-refractivity contribution is 0.315. The lowest BCUT2D eigenvalue weighted by atomic mass is 9.86. The molecule has 0 saturated heterocycles. The fourth-order valence-corrected chi connectivity index (χ4v) is 2.16. The first kappa shape index (κ1) is 15.3. The number of methoxy groups -OCH3 is 1. The van der Waals surface area contributed by atoms with Gasteiger partial charge in [-0.2, -0.15) is 0 Å². The van der Waals surface area contributed by atoms with Crippen LogP contribution in [0, 0.1) is 5.41 Å². The molecule has 0 aliphatic rings. The Morgan fingerprint density at radius 1 is 1.33 bits per heavy atom. The Kier molecular flexibility index (Phi) is 5.97. The van der Waals surface area contributed by atoms with E-state index in [-0.39, 0.29) is 5.41 Å². The maximum absolute atomic E-state index is 6.04. The second kappa shape index (κ2) is 7.01. The van der Waals surface area contributed by atoms with Crippen molar-refractivity contribution in [2.24, 2.45) is 5.41 Å². The van der Waals surface area contributed by atoms with Gasteiger partial charge in [-0.25, -0.2) is 0 Å². The molecule has 3 heteroatoms. The fourth-order valence-electron chi connectivity index (χ4n) is 1.97. The molecule has 1 aromatic rings. The highest BCUT2D eigenvalue weighted by molar-refractivity contribution is 6.30. The molecule has 0 radical (unpaired) electrons. The number of benzene rings is 1. The van der Waals surface area contributed by atoms with Gasteiger partial charge in [-0.3, -0.25) is 0 Å². The molecule has 0 aromatic heterocycles. The minimum atomic E-state index is 0.281. The second-order valence-corrected chi connectivity index (χ2v) is 5.84. The van der Waals surface area contributed by atoms with Crippen LogP contribution in [0.2, 0.25) is 5.02 Å². The van der Waals surface area contributed by atoms with Crippen molar-refractivity contribution in [3.8, 4) is 5.75 Å². The minimum absolute atomic E-state index is 0.281. The topological polar surface area (TPSA) is 21.3 Å². The summed E-state index contributed by atoms with van der Waals surface area (Å²) >= 11 is 6.04. The van der Waals surface area contributed by atoms with Crippen molar-refractivity contribution in [2.75, 3.05) is 20.2 Å². The molecule has 1 N–H and O–H groups in total. The van der Waals surface area contributed by atoms with Gasteiger partial charge in [-0.15, -0.1) is 0 Å². The monoisotopic (exact) mass is 269 g/mol. The van der Waals surface area contributed by atoms with Crippen LogP contribution >= 0.6 is 11.6 Å². The molecule has 0 aliphatic heterocycles. The predicted octanol–water partition coefficient (Wildman–Crippen LogP) is 3.92. The number of hydrogen-bond acceptors (Lipinski definition) is 2. The molecule has 0 saturated carbocycles. The Morgan fingerprint density at radius 2 is 2.06 bits per heavy atom. The summed E-state index contributed by atoms with van der Waals surface area (Å²) in [4.78, 5) is 0. The van der Waals surface area contributed by atoms with Crippen molar-refractivity contribution in [2.45, 2.75) is 33.6 Å². The molecule has 1 aromatic carbocycles. The summed E-state index contributed by atoms with van der Waals surface area (Å²) in [6, 6.07) is 5.81. The van der Waals surface area contributed by atoms with E-state index in [2.05, 4.69) is 26.1 Å². The van der Waals surface area contributed by atoms with Crippen molar-refractivity contribution < 1.29 is 4.74 Å². The van der Waals surface area contributed by atoms with E-state index in [0.717, 1.165) is 36.7 Å². The molecule has 0 fully saturated rings. The molecule has 18 heavy (non-hydrogen) atoms. The van der Waals surface area contributed by atoms with Gasteiger partial charge in [0.15, 0.2) is 0 Å².